The topological polar surface area (TPSA) is 56.2 Å². The Hall–Kier alpha value is -3.60. The van der Waals surface area contributed by atoms with Gasteiger partial charge in [0.1, 0.15) is 11.6 Å². The maximum atomic E-state index is 12.3. The number of aryl methyl sites for hydroxylation is 2. The number of ether oxygens (including phenoxy) is 1. The van der Waals surface area contributed by atoms with Gasteiger partial charge in [0.05, 0.1) is 17.6 Å². The van der Waals surface area contributed by atoms with Crippen LogP contribution in [-0.2, 0) is 24.2 Å². The van der Waals surface area contributed by atoms with Crippen LogP contribution in [0, 0.1) is 0 Å². The monoisotopic (exact) mass is 441 g/mol. The number of carbonyl (C=O) groups is 1. The standard InChI is InChI=1S/C28H31N3O2/c32-28(18-17-23-11-3-1-4-12-23)29-20-19-27-30-25-15-7-8-16-26(25)31(27)21-9-10-22-33-24-13-5-2-6-14-24/h1-8,11-16H,9-10,17-22H2,(H,29,32). The summed E-state index contributed by atoms with van der Waals surface area (Å²) in [7, 11) is 0. The van der Waals surface area contributed by atoms with Gasteiger partial charge in [-0.15, -0.1) is 0 Å². The summed E-state index contributed by atoms with van der Waals surface area (Å²) < 4.78 is 8.10. The largest absolute Gasteiger partial charge is 0.494 e. The van der Waals surface area contributed by atoms with Crippen molar-refractivity contribution in [3.63, 3.8) is 0 Å². The van der Waals surface area contributed by atoms with Gasteiger partial charge in [0.15, 0.2) is 0 Å². The molecule has 4 aromatic rings. The third kappa shape index (κ3) is 6.69. The highest BCUT2D eigenvalue weighted by Crippen LogP contribution is 2.18. The predicted molar refractivity (Wildman–Crippen MR) is 132 cm³/mol. The van der Waals surface area contributed by atoms with Crippen molar-refractivity contribution >= 4 is 16.9 Å². The van der Waals surface area contributed by atoms with E-state index >= 15 is 0 Å². The van der Waals surface area contributed by atoms with Crippen LogP contribution in [0.5, 0.6) is 5.75 Å². The van der Waals surface area contributed by atoms with Gasteiger partial charge < -0.3 is 14.6 Å². The van der Waals surface area contributed by atoms with Crippen molar-refractivity contribution in [1.29, 1.82) is 0 Å². The molecule has 5 nitrogen and oxygen atoms in total. The van der Waals surface area contributed by atoms with Crippen molar-refractivity contribution in [2.24, 2.45) is 0 Å². The highest BCUT2D eigenvalue weighted by molar-refractivity contribution is 5.77. The molecule has 0 saturated heterocycles. The molecule has 3 aromatic carbocycles. The lowest BCUT2D eigenvalue weighted by molar-refractivity contribution is -0.121. The zero-order valence-corrected chi connectivity index (χ0v) is 19.0. The molecular weight excluding hydrogens is 410 g/mol. The minimum absolute atomic E-state index is 0.0829. The van der Waals surface area contributed by atoms with Crippen LogP contribution in [-0.4, -0.2) is 28.6 Å². The fourth-order valence-electron chi connectivity index (χ4n) is 3.95. The molecule has 0 aliphatic rings. The highest BCUT2D eigenvalue weighted by Gasteiger charge is 2.11. The Morgan fingerprint density at radius 1 is 0.848 bits per heavy atom. The predicted octanol–water partition coefficient (Wildman–Crippen LogP) is 5.19. The maximum Gasteiger partial charge on any atom is 0.220 e. The summed E-state index contributed by atoms with van der Waals surface area (Å²) in [6, 6.07) is 28.3. The second-order valence-corrected chi connectivity index (χ2v) is 8.12. The number of benzene rings is 3. The molecule has 0 unspecified atom stereocenters. The Labute approximate surface area is 195 Å². The van der Waals surface area contributed by atoms with Crippen LogP contribution in [0.25, 0.3) is 11.0 Å². The van der Waals surface area contributed by atoms with Gasteiger partial charge in [0, 0.05) is 25.9 Å². The molecule has 1 amide bonds. The molecule has 0 aliphatic carbocycles. The molecule has 0 saturated carbocycles. The highest BCUT2D eigenvalue weighted by atomic mass is 16.5. The van der Waals surface area contributed by atoms with Crippen LogP contribution >= 0.6 is 0 Å². The maximum absolute atomic E-state index is 12.3. The molecule has 0 aliphatic heterocycles. The van der Waals surface area contributed by atoms with E-state index in [1.165, 1.54) is 5.56 Å². The lowest BCUT2D eigenvalue weighted by Gasteiger charge is -2.11. The average molecular weight is 442 g/mol. The lowest BCUT2D eigenvalue weighted by Crippen LogP contribution is -2.26. The van der Waals surface area contributed by atoms with E-state index < -0.39 is 0 Å². The Kier molecular flexibility index (Phi) is 8.12. The Balaban J connectivity index is 1.27. The summed E-state index contributed by atoms with van der Waals surface area (Å²) in [6.07, 6.45) is 3.95. The van der Waals surface area contributed by atoms with Crippen LogP contribution in [0.15, 0.2) is 84.9 Å². The van der Waals surface area contributed by atoms with Gasteiger partial charge in [-0.2, -0.15) is 0 Å². The van der Waals surface area contributed by atoms with Gasteiger partial charge in [0.2, 0.25) is 5.91 Å². The van der Waals surface area contributed by atoms with Gasteiger partial charge in [-0.25, -0.2) is 4.98 Å². The number of nitrogens with zero attached hydrogens (tertiary/aromatic N) is 2. The summed E-state index contributed by atoms with van der Waals surface area (Å²) in [5.41, 5.74) is 3.33. The molecule has 0 radical (unpaired) electrons. The van der Waals surface area contributed by atoms with Crippen LogP contribution in [0.3, 0.4) is 0 Å². The smallest absolute Gasteiger partial charge is 0.220 e. The molecule has 1 N–H and O–H groups in total. The molecule has 0 spiro atoms. The zero-order valence-electron chi connectivity index (χ0n) is 19.0. The SMILES string of the molecule is O=C(CCc1ccccc1)NCCc1nc2ccccc2n1CCCCOc1ccccc1. The van der Waals surface area contributed by atoms with E-state index in [0.29, 0.717) is 26.0 Å². The number of para-hydroxylation sites is 3. The molecule has 4 rings (SSSR count). The van der Waals surface area contributed by atoms with Crippen LogP contribution in [0.4, 0.5) is 0 Å². The molecule has 1 aromatic heterocycles. The second kappa shape index (κ2) is 11.9. The molecule has 5 heteroatoms. The minimum atomic E-state index is 0.0829. The van der Waals surface area contributed by atoms with Crippen molar-refractivity contribution < 1.29 is 9.53 Å². The number of hydrogen-bond acceptors (Lipinski definition) is 3. The number of nitrogens with one attached hydrogen (secondary N) is 1. The summed E-state index contributed by atoms with van der Waals surface area (Å²) in [5, 5.41) is 3.06. The quantitative estimate of drug-likeness (QED) is 0.308. The number of imidazole rings is 1. The van der Waals surface area contributed by atoms with Gasteiger partial charge in [-0.3, -0.25) is 4.79 Å². The summed E-state index contributed by atoms with van der Waals surface area (Å²) in [6.45, 7) is 2.17. The van der Waals surface area contributed by atoms with E-state index in [0.717, 1.165) is 48.4 Å². The summed E-state index contributed by atoms with van der Waals surface area (Å²) in [4.78, 5) is 17.1. The number of fused-ring (bicyclic) bond motifs is 1. The zero-order chi connectivity index (χ0) is 22.7. The first-order valence-corrected chi connectivity index (χ1v) is 11.7. The molecule has 0 fully saturated rings. The van der Waals surface area contributed by atoms with Gasteiger partial charge >= 0.3 is 0 Å². The van der Waals surface area contributed by atoms with E-state index in [1.807, 2.05) is 66.7 Å². The molecule has 1 heterocycles. The number of aromatic nitrogens is 2. The third-order valence-corrected chi connectivity index (χ3v) is 5.68. The first-order chi connectivity index (χ1) is 16.3. The normalized spacial score (nSPS) is 10.9. The summed E-state index contributed by atoms with van der Waals surface area (Å²) >= 11 is 0. The number of rotatable bonds is 12. The number of carbonyl (C=O) groups excluding carboxylic acids is 1. The Bertz CT molecular complexity index is 1140. The van der Waals surface area contributed by atoms with Gasteiger partial charge in [-0.1, -0.05) is 60.7 Å². The summed E-state index contributed by atoms with van der Waals surface area (Å²) in [5.74, 6) is 2.01. The molecular formula is C28H31N3O2. The number of hydrogen-bond donors (Lipinski definition) is 1. The lowest BCUT2D eigenvalue weighted by atomic mass is 10.1. The van der Waals surface area contributed by atoms with Crippen LogP contribution in [0.1, 0.15) is 30.7 Å². The fourth-order valence-corrected chi connectivity index (χ4v) is 3.95. The molecule has 0 atom stereocenters. The molecule has 170 valence electrons. The number of unbranched alkanes of at least 4 members (excludes halogenated alkanes) is 1. The molecule has 0 bridgehead atoms. The first kappa shape index (κ1) is 22.6. The average Bonchev–Trinajstić information content (AvgIpc) is 3.21. The van der Waals surface area contributed by atoms with Crippen molar-refractivity contribution in [2.45, 2.75) is 38.6 Å². The van der Waals surface area contributed by atoms with Crippen LogP contribution in [0.2, 0.25) is 0 Å². The van der Waals surface area contributed by atoms with Gasteiger partial charge in [0.25, 0.3) is 0 Å². The van der Waals surface area contributed by atoms with E-state index in [1.54, 1.807) is 0 Å². The van der Waals surface area contributed by atoms with E-state index in [4.69, 9.17) is 9.72 Å². The van der Waals surface area contributed by atoms with Crippen LogP contribution < -0.4 is 10.1 Å². The Morgan fingerprint density at radius 3 is 2.39 bits per heavy atom. The number of amides is 1. The second-order valence-electron chi connectivity index (χ2n) is 8.12. The van der Waals surface area contributed by atoms with Crippen molar-refractivity contribution in [3.05, 3.63) is 96.3 Å². The van der Waals surface area contributed by atoms with E-state index in [2.05, 4.69) is 28.1 Å². The fraction of sp³-hybridized carbons (Fsp3) is 0.286. The van der Waals surface area contributed by atoms with Crippen molar-refractivity contribution in [3.8, 4) is 5.75 Å². The van der Waals surface area contributed by atoms with E-state index in [9.17, 15) is 4.79 Å². The van der Waals surface area contributed by atoms with Crippen molar-refractivity contribution in [1.82, 2.24) is 14.9 Å². The van der Waals surface area contributed by atoms with E-state index in [-0.39, 0.29) is 5.91 Å². The third-order valence-electron chi connectivity index (χ3n) is 5.68. The van der Waals surface area contributed by atoms with Gasteiger partial charge in [-0.05, 0) is 49.1 Å². The molecule has 33 heavy (non-hydrogen) atoms. The Morgan fingerprint density at radius 2 is 1.58 bits per heavy atom. The first-order valence-electron chi connectivity index (χ1n) is 11.7. The minimum Gasteiger partial charge on any atom is -0.494 e. The van der Waals surface area contributed by atoms with Crippen molar-refractivity contribution in [2.75, 3.05) is 13.2 Å².